The Kier molecular flexibility index (Phi) is 7.82. The molecule has 3 rings (SSSR count). The lowest BCUT2D eigenvalue weighted by Gasteiger charge is -2.31. The summed E-state index contributed by atoms with van der Waals surface area (Å²) in [5.74, 6) is -1.44. The minimum atomic E-state index is -3.68. The molecule has 1 saturated heterocycles. The maximum Gasteiger partial charge on any atom is 0.309 e. The lowest BCUT2D eigenvalue weighted by molar-refractivity contribution is -0.152. The largest absolute Gasteiger partial charge is 0.455 e. The van der Waals surface area contributed by atoms with Crippen molar-refractivity contribution in [2.24, 2.45) is 5.92 Å². The van der Waals surface area contributed by atoms with E-state index in [1.54, 1.807) is 24.3 Å². The molecule has 0 aliphatic carbocycles. The van der Waals surface area contributed by atoms with Crippen LogP contribution in [-0.4, -0.2) is 44.3 Å². The summed E-state index contributed by atoms with van der Waals surface area (Å²) < 4.78 is 33.4. The minimum Gasteiger partial charge on any atom is -0.455 e. The summed E-state index contributed by atoms with van der Waals surface area (Å²) in [4.78, 5) is 24.9. The summed E-state index contributed by atoms with van der Waals surface area (Å²) in [5, 5.41) is 2.99. The van der Waals surface area contributed by atoms with Gasteiger partial charge in [0.1, 0.15) is 0 Å². The van der Waals surface area contributed by atoms with E-state index in [1.165, 1.54) is 4.31 Å². The number of piperidine rings is 1. The molecule has 0 unspecified atom stereocenters. The Balaban J connectivity index is 1.58. The summed E-state index contributed by atoms with van der Waals surface area (Å²) in [6, 6.07) is 8.76. The first kappa shape index (κ1) is 25.2. The van der Waals surface area contributed by atoms with Crippen LogP contribution in [-0.2, 0) is 24.3 Å². The number of esters is 1. The average Bonchev–Trinajstić information content (AvgIpc) is 2.78. The molecular formula is C24H29ClN2O5S. The molecule has 7 nitrogen and oxygen atoms in total. The number of nitrogens with one attached hydrogen (secondary N) is 1. The SMILES string of the molecule is Cc1cc(C)c(C)c(S(=O)(=O)N2CCC(C(=O)OCC(=O)Nc3ccccc3Cl)CC2)c1C. The molecule has 2 aromatic rings. The Morgan fingerprint density at radius 1 is 1.06 bits per heavy atom. The molecule has 1 aliphatic heterocycles. The van der Waals surface area contributed by atoms with E-state index in [0.29, 0.717) is 28.4 Å². The highest BCUT2D eigenvalue weighted by molar-refractivity contribution is 7.89. The molecule has 0 bridgehead atoms. The molecule has 0 spiro atoms. The molecule has 0 atom stereocenters. The van der Waals surface area contributed by atoms with Gasteiger partial charge in [-0.3, -0.25) is 9.59 Å². The minimum absolute atomic E-state index is 0.222. The van der Waals surface area contributed by atoms with Crippen molar-refractivity contribution in [3.63, 3.8) is 0 Å². The van der Waals surface area contributed by atoms with Gasteiger partial charge in [0.15, 0.2) is 6.61 Å². The molecule has 1 fully saturated rings. The number of carbonyl (C=O) groups is 2. The van der Waals surface area contributed by atoms with Crippen LogP contribution in [0.15, 0.2) is 35.2 Å². The predicted octanol–water partition coefficient (Wildman–Crippen LogP) is 4.16. The van der Waals surface area contributed by atoms with Gasteiger partial charge in [-0.15, -0.1) is 0 Å². The third-order valence-electron chi connectivity index (χ3n) is 6.18. The topological polar surface area (TPSA) is 92.8 Å². The number of halogens is 1. The van der Waals surface area contributed by atoms with Crippen molar-refractivity contribution < 1.29 is 22.7 Å². The van der Waals surface area contributed by atoms with Gasteiger partial charge in [-0.2, -0.15) is 4.31 Å². The first-order chi connectivity index (χ1) is 15.5. The molecule has 2 aromatic carbocycles. The molecule has 1 heterocycles. The summed E-state index contributed by atoms with van der Waals surface area (Å²) in [6.07, 6.45) is 0.681. The van der Waals surface area contributed by atoms with Gasteiger partial charge >= 0.3 is 5.97 Å². The smallest absolute Gasteiger partial charge is 0.309 e. The van der Waals surface area contributed by atoms with Crippen LogP contribution in [0.3, 0.4) is 0 Å². The van der Waals surface area contributed by atoms with Crippen LogP contribution < -0.4 is 5.32 Å². The summed E-state index contributed by atoms with van der Waals surface area (Å²) in [7, 11) is -3.68. The second kappa shape index (κ2) is 10.2. The van der Waals surface area contributed by atoms with Gasteiger partial charge < -0.3 is 10.1 Å². The van der Waals surface area contributed by atoms with Crippen molar-refractivity contribution >= 4 is 39.2 Å². The van der Waals surface area contributed by atoms with Crippen molar-refractivity contribution in [3.8, 4) is 0 Å². The van der Waals surface area contributed by atoms with Gasteiger partial charge in [-0.05, 0) is 74.9 Å². The zero-order valence-corrected chi connectivity index (χ0v) is 20.8. The number of rotatable bonds is 6. The van der Waals surface area contributed by atoms with Crippen molar-refractivity contribution in [2.45, 2.75) is 45.4 Å². The zero-order valence-electron chi connectivity index (χ0n) is 19.3. The molecular weight excluding hydrogens is 464 g/mol. The van der Waals surface area contributed by atoms with E-state index in [0.717, 1.165) is 22.3 Å². The van der Waals surface area contributed by atoms with Crippen LogP contribution in [0, 0.1) is 33.6 Å². The summed E-state index contributed by atoms with van der Waals surface area (Å²) in [5.41, 5.74) is 3.82. The fourth-order valence-electron chi connectivity index (χ4n) is 4.03. The molecule has 33 heavy (non-hydrogen) atoms. The van der Waals surface area contributed by atoms with Gasteiger partial charge in [0.2, 0.25) is 10.0 Å². The molecule has 1 aliphatic rings. The molecule has 0 aromatic heterocycles. The molecule has 178 valence electrons. The Morgan fingerprint density at radius 2 is 1.64 bits per heavy atom. The monoisotopic (exact) mass is 492 g/mol. The number of ether oxygens (including phenoxy) is 1. The standard InChI is InChI=1S/C24H29ClN2O5S/c1-15-13-16(2)18(4)23(17(15)3)33(30,31)27-11-9-19(10-12-27)24(29)32-14-22(28)26-21-8-6-5-7-20(21)25/h5-8,13,19H,9-12,14H2,1-4H3,(H,26,28). The van der Waals surface area contributed by atoms with Crippen LogP contribution in [0.4, 0.5) is 5.69 Å². The van der Waals surface area contributed by atoms with Crippen molar-refractivity contribution in [1.82, 2.24) is 4.31 Å². The molecule has 1 N–H and O–H groups in total. The Bertz CT molecular complexity index is 1150. The Hall–Kier alpha value is -2.42. The third-order valence-corrected chi connectivity index (χ3v) is 8.68. The van der Waals surface area contributed by atoms with E-state index >= 15 is 0 Å². The van der Waals surface area contributed by atoms with Crippen molar-refractivity contribution in [2.75, 3.05) is 25.0 Å². The predicted molar refractivity (Wildman–Crippen MR) is 128 cm³/mol. The van der Waals surface area contributed by atoms with Crippen LogP contribution in [0.1, 0.15) is 35.1 Å². The van der Waals surface area contributed by atoms with Crippen LogP contribution in [0.2, 0.25) is 5.02 Å². The molecule has 0 radical (unpaired) electrons. The van der Waals surface area contributed by atoms with E-state index in [2.05, 4.69) is 5.32 Å². The number of hydrogen-bond donors (Lipinski definition) is 1. The van der Waals surface area contributed by atoms with E-state index in [9.17, 15) is 18.0 Å². The van der Waals surface area contributed by atoms with E-state index < -0.39 is 34.4 Å². The fourth-order valence-corrected chi connectivity index (χ4v) is 6.26. The van der Waals surface area contributed by atoms with Crippen molar-refractivity contribution in [3.05, 3.63) is 57.6 Å². The zero-order chi connectivity index (χ0) is 24.3. The number of amides is 1. The van der Waals surface area contributed by atoms with Gasteiger partial charge in [0.05, 0.1) is 21.5 Å². The van der Waals surface area contributed by atoms with Crippen LogP contribution in [0.5, 0.6) is 0 Å². The number of benzene rings is 2. The highest BCUT2D eigenvalue weighted by Crippen LogP contribution is 2.31. The normalized spacial score (nSPS) is 15.3. The first-order valence-corrected chi connectivity index (χ1v) is 12.6. The third kappa shape index (κ3) is 5.57. The molecule has 9 heteroatoms. The number of anilines is 1. The number of carbonyl (C=O) groups excluding carboxylic acids is 2. The molecule has 1 amide bonds. The first-order valence-electron chi connectivity index (χ1n) is 10.8. The van der Waals surface area contributed by atoms with E-state index in [-0.39, 0.29) is 13.1 Å². The van der Waals surface area contributed by atoms with Gasteiger partial charge in [0.25, 0.3) is 5.91 Å². The lowest BCUT2D eigenvalue weighted by Crippen LogP contribution is -2.41. The van der Waals surface area contributed by atoms with E-state index in [1.807, 2.05) is 33.8 Å². The number of aryl methyl sites for hydroxylation is 2. The van der Waals surface area contributed by atoms with Crippen molar-refractivity contribution in [1.29, 1.82) is 0 Å². The maximum atomic E-state index is 13.4. The average molecular weight is 493 g/mol. The highest BCUT2D eigenvalue weighted by Gasteiger charge is 2.35. The maximum absolute atomic E-state index is 13.4. The Morgan fingerprint density at radius 3 is 2.21 bits per heavy atom. The van der Waals surface area contributed by atoms with Gasteiger partial charge in [-0.1, -0.05) is 29.8 Å². The number of nitrogens with zero attached hydrogens (tertiary/aromatic N) is 1. The fraction of sp³-hybridized carbons (Fsp3) is 0.417. The van der Waals surface area contributed by atoms with Gasteiger partial charge in [-0.25, -0.2) is 8.42 Å². The lowest BCUT2D eigenvalue weighted by atomic mass is 9.98. The highest BCUT2D eigenvalue weighted by atomic mass is 35.5. The molecule has 0 saturated carbocycles. The Labute approximate surface area is 200 Å². The van der Waals surface area contributed by atoms with Crippen LogP contribution in [0.25, 0.3) is 0 Å². The van der Waals surface area contributed by atoms with Gasteiger partial charge in [0, 0.05) is 13.1 Å². The van der Waals surface area contributed by atoms with E-state index in [4.69, 9.17) is 16.3 Å². The number of hydrogen-bond acceptors (Lipinski definition) is 5. The second-order valence-corrected chi connectivity index (χ2v) is 10.7. The number of sulfonamides is 1. The quantitative estimate of drug-likeness (QED) is 0.611. The summed E-state index contributed by atoms with van der Waals surface area (Å²) >= 11 is 6.01. The summed E-state index contributed by atoms with van der Waals surface area (Å²) in [6.45, 7) is 7.48. The number of para-hydroxylation sites is 1. The second-order valence-electron chi connectivity index (χ2n) is 8.40. The van der Waals surface area contributed by atoms with Crippen LogP contribution >= 0.6 is 11.6 Å².